The van der Waals surface area contributed by atoms with Gasteiger partial charge in [0.2, 0.25) is 0 Å². The third kappa shape index (κ3) is 4.18. The van der Waals surface area contributed by atoms with Crippen LogP contribution in [0.15, 0.2) is 23.0 Å². The lowest BCUT2D eigenvalue weighted by molar-refractivity contribution is 0.0130. The minimum Gasteiger partial charge on any atom is -0.497 e. The number of methoxy groups -OCH3 is 1. The molecule has 8 heteroatoms. The smallest absolute Gasteiger partial charge is 0.410 e. The lowest BCUT2D eigenvalue weighted by Gasteiger charge is -2.45. The number of ether oxygens (including phenoxy) is 2. The van der Waals surface area contributed by atoms with Crippen LogP contribution in [0.4, 0.5) is 10.5 Å². The predicted octanol–water partition coefficient (Wildman–Crippen LogP) is 3.25. The number of fused-ring (bicyclic) bond motifs is 1. The van der Waals surface area contributed by atoms with Crippen molar-refractivity contribution in [1.29, 1.82) is 5.26 Å². The first kappa shape index (κ1) is 22.5. The lowest BCUT2D eigenvalue weighted by atomic mass is 10.0. The third-order valence-electron chi connectivity index (χ3n) is 5.59. The van der Waals surface area contributed by atoms with Crippen LogP contribution >= 0.6 is 0 Å². The zero-order chi connectivity index (χ0) is 23.1. The maximum atomic E-state index is 13.0. The average molecular weight is 427 g/mol. The van der Waals surface area contributed by atoms with Crippen molar-refractivity contribution in [3.05, 3.63) is 34.1 Å². The Morgan fingerprint density at radius 2 is 1.87 bits per heavy atom. The van der Waals surface area contributed by atoms with Crippen LogP contribution in [-0.4, -0.2) is 53.4 Å². The fraction of sp³-hybridized carbons (Fsp3) is 0.522. The molecular formula is C23H30N4O4. The Labute approximate surface area is 182 Å². The number of hydrogen-bond acceptors (Lipinski definition) is 6. The van der Waals surface area contributed by atoms with Gasteiger partial charge in [0.15, 0.2) is 0 Å². The summed E-state index contributed by atoms with van der Waals surface area (Å²) >= 11 is 0. The predicted molar refractivity (Wildman–Crippen MR) is 120 cm³/mol. The number of carbonyl (C=O) groups excluding carboxylic acids is 1. The topological polar surface area (TPSA) is 87.8 Å². The Balaban J connectivity index is 2.08. The molecule has 0 spiro atoms. The second-order valence-electron chi connectivity index (χ2n) is 9.07. The molecule has 2 heterocycles. The van der Waals surface area contributed by atoms with Crippen molar-refractivity contribution in [1.82, 2.24) is 9.47 Å². The van der Waals surface area contributed by atoms with E-state index in [0.717, 1.165) is 5.39 Å². The number of nitrogens with zero attached hydrogens (tertiary/aromatic N) is 4. The average Bonchev–Trinajstić information content (AvgIpc) is 2.70. The number of aryl methyl sites for hydroxylation is 1. The molecule has 31 heavy (non-hydrogen) atoms. The molecule has 1 fully saturated rings. The molecule has 3 rings (SSSR count). The second-order valence-corrected chi connectivity index (χ2v) is 9.07. The summed E-state index contributed by atoms with van der Waals surface area (Å²) in [4.78, 5) is 29.4. The number of benzene rings is 1. The van der Waals surface area contributed by atoms with Crippen molar-refractivity contribution in [3.63, 3.8) is 0 Å². The number of hydrogen-bond donors (Lipinski definition) is 0. The van der Waals surface area contributed by atoms with Crippen molar-refractivity contribution in [2.45, 2.75) is 52.3 Å². The minimum atomic E-state index is -0.577. The molecule has 1 aromatic heterocycles. The molecule has 1 aliphatic heterocycles. The van der Waals surface area contributed by atoms with E-state index < -0.39 is 5.60 Å². The highest BCUT2D eigenvalue weighted by atomic mass is 16.6. The molecule has 0 saturated carbocycles. The first-order valence-corrected chi connectivity index (χ1v) is 10.4. The van der Waals surface area contributed by atoms with Crippen LogP contribution in [0.3, 0.4) is 0 Å². The highest BCUT2D eigenvalue weighted by molar-refractivity contribution is 5.96. The zero-order valence-electron chi connectivity index (χ0n) is 19.2. The molecule has 0 radical (unpaired) electrons. The number of aromatic nitrogens is 1. The van der Waals surface area contributed by atoms with Gasteiger partial charge in [0.25, 0.3) is 5.56 Å². The number of amides is 1. The van der Waals surface area contributed by atoms with Crippen molar-refractivity contribution >= 4 is 22.7 Å². The maximum absolute atomic E-state index is 13.0. The van der Waals surface area contributed by atoms with E-state index in [0.29, 0.717) is 30.0 Å². The van der Waals surface area contributed by atoms with E-state index in [-0.39, 0.29) is 29.3 Å². The molecule has 1 aliphatic rings. The summed E-state index contributed by atoms with van der Waals surface area (Å²) in [6, 6.07) is 7.33. The molecule has 0 aliphatic carbocycles. The Hall–Kier alpha value is -3.21. The highest BCUT2D eigenvalue weighted by Crippen LogP contribution is 2.34. The molecule has 1 amide bonds. The number of pyridine rings is 1. The summed E-state index contributed by atoms with van der Waals surface area (Å²) in [6.45, 7) is 10.4. The second kappa shape index (κ2) is 8.14. The maximum Gasteiger partial charge on any atom is 0.410 e. The van der Waals surface area contributed by atoms with E-state index in [9.17, 15) is 14.9 Å². The molecular weight excluding hydrogens is 396 g/mol. The van der Waals surface area contributed by atoms with Gasteiger partial charge in [-0.15, -0.1) is 0 Å². The van der Waals surface area contributed by atoms with Gasteiger partial charge in [0.1, 0.15) is 23.0 Å². The van der Waals surface area contributed by atoms with E-state index in [1.807, 2.05) is 46.8 Å². The largest absolute Gasteiger partial charge is 0.497 e. The van der Waals surface area contributed by atoms with E-state index in [4.69, 9.17) is 9.47 Å². The van der Waals surface area contributed by atoms with Crippen LogP contribution in [0.5, 0.6) is 5.75 Å². The molecule has 8 nitrogen and oxygen atoms in total. The van der Waals surface area contributed by atoms with E-state index in [1.165, 1.54) is 4.57 Å². The van der Waals surface area contributed by atoms with E-state index in [1.54, 1.807) is 25.1 Å². The van der Waals surface area contributed by atoms with Crippen molar-refractivity contribution in [3.8, 4) is 11.8 Å². The van der Waals surface area contributed by atoms with Crippen LogP contribution in [0.2, 0.25) is 0 Å². The number of rotatable bonds is 2. The summed E-state index contributed by atoms with van der Waals surface area (Å²) < 4.78 is 12.4. The molecule has 0 unspecified atom stereocenters. The summed E-state index contributed by atoms with van der Waals surface area (Å²) in [5.41, 5.74) is 0.461. The first-order chi connectivity index (χ1) is 14.5. The molecule has 0 N–H and O–H groups in total. The monoisotopic (exact) mass is 426 g/mol. The Kier molecular flexibility index (Phi) is 5.90. The number of nitriles is 1. The lowest BCUT2D eigenvalue weighted by Crippen LogP contribution is -2.59. The molecule has 2 atom stereocenters. The van der Waals surface area contributed by atoms with Gasteiger partial charge in [-0.1, -0.05) is 0 Å². The van der Waals surface area contributed by atoms with E-state index in [2.05, 4.69) is 11.0 Å². The Morgan fingerprint density at radius 3 is 2.45 bits per heavy atom. The molecule has 2 aromatic rings. The van der Waals surface area contributed by atoms with Crippen LogP contribution in [-0.2, 0) is 11.8 Å². The highest BCUT2D eigenvalue weighted by Gasteiger charge is 2.36. The third-order valence-corrected chi connectivity index (χ3v) is 5.59. The summed E-state index contributed by atoms with van der Waals surface area (Å²) in [6.07, 6.45) is -0.356. The fourth-order valence-electron chi connectivity index (χ4n) is 4.04. The zero-order valence-corrected chi connectivity index (χ0v) is 19.2. The normalized spacial score (nSPS) is 19.3. The van der Waals surface area contributed by atoms with Gasteiger partial charge in [-0.25, -0.2) is 4.79 Å². The Bertz CT molecular complexity index is 1110. The minimum absolute atomic E-state index is 0.102. The van der Waals surface area contributed by atoms with E-state index >= 15 is 0 Å². The molecule has 1 saturated heterocycles. The van der Waals surface area contributed by atoms with Gasteiger partial charge in [0, 0.05) is 43.7 Å². The Morgan fingerprint density at radius 1 is 1.19 bits per heavy atom. The first-order valence-electron chi connectivity index (χ1n) is 10.4. The number of anilines is 1. The van der Waals surface area contributed by atoms with Crippen LogP contribution < -0.4 is 15.2 Å². The summed E-state index contributed by atoms with van der Waals surface area (Å²) in [7, 11) is 3.23. The number of piperazine rings is 1. The van der Waals surface area contributed by atoms with Crippen LogP contribution in [0.1, 0.15) is 40.2 Å². The fourth-order valence-corrected chi connectivity index (χ4v) is 4.04. The van der Waals surface area contributed by atoms with Crippen molar-refractivity contribution in [2.75, 3.05) is 25.1 Å². The summed E-state index contributed by atoms with van der Waals surface area (Å²) in [5, 5.41) is 10.6. The van der Waals surface area contributed by atoms with Crippen LogP contribution in [0, 0.1) is 11.3 Å². The molecule has 0 bridgehead atoms. The summed E-state index contributed by atoms with van der Waals surface area (Å²) in [5.74, 6) is 0.634. The van der Waals surface area contributed by atoms with Gasteiger partial charge in [-0.05, 0) is 46.8 Å². The van der Waals surface area contributed by atoms with Crippen molar-refractivity contribution < 1.29 is 14.3 Å². The van der Waals surface area contributed by atoms with Crippen LogP contribution in [0.25, 0.3) is 10.9 Å². The molecule has 166 valence electrons. The standard InChI is InChI=1S/C23H30N4O4/c1-14-13-27(22(29)31-23(3,4)5)15(2)12-26(14)20-17-9-8-16(30-7)10-19(17)25(6)21(28)18(20)11-24/h8-10,14-15H,12-13H2,1-7H3/t14-,15+/m0/s1. The van der Waals surface area contributed by atoms with Gasteiger partial charge in [-0.3, -0.25) is 4.79 Å². The van der Waals surface area contributed by atoms with Gasteiger partial charge < -0.3 is 23.8 Å². The van der Waals surface area contributed by atoms with Gasteiger partial charge >= 0.3 is 6.09 Å². The van der Waals surface area contributed by atoms with Gasteiger partial charge in [-0.2, -0.15) is 5.26 Å². The quantitative estimate of drug-likeness (QED) is 0.733. The van der Waals surface area contributed by atoms with Crippen molar-refractivity contribution in [2.24, 2.45) is 7.05 Å². The number of carbonyl (C=O) groups is 1. The SMILES string of the molecule is COc1ccc2c(N3C[C@@H](C)N(C(=O)OC(C)(C)C)C[C@@H]3C)c(C#N)c(=O)n(C)c2c1. The molecule has 1 aromatic carbocycles. The van der Waals surface area contributed by atoms with Gasteiger partial charge in [0.05, 0.1) is 18.3 Å².